The van der Waals surface area contributed by atoms with Gasteiger partial charge in [0.25, 0.3) is 11.6 Å². The minimum atomic E-state index is -0.557. The van der Waals surface area contributed by atoms with Gasteiger partial charge in [0, 0.05) is 39.5 Å². The third kappa shape index (κ3) is 6.50. The molecule has 0 aliphatic carbocycles. The second-order valence-electron chi connectivity index (χ2n) is 7.17. The molecule has 168 valence electrons. The first-order valence-electron chi connectivity index (χ1n) is 9.97. The molecule has 0 aliphatic heterocycles. The maximum absolute atomic E-state index is 12.5. The fraction of sp³-hybridized carbons (Fsp3) is 0.125. The highest BCUT2D eigenvalue weighted by molar-refractivity contribution is 8.00. The fourth-order valence-electron chi connectivity index (χ4n) is 2.90. The number of amides is 2. The number of hydrogen-bond donors (Lipinski definition) is 2. The van der Waals surface area contributed by atoms with Crippen molar-refractivity contribution in [3.05, 3.63) is 94.0 Å². The SMILES string of the molecule is CC(=O)c1ccc(NC(=O)C(C)Sc2cccc(NC(=O)c3cccc([N+](=O)[O-])c3)c2)cc1. The molecule has 0 radical (unpaired) electrons. The van der Waals surface area contributed by atoms with Crippen molar-refractivity contribution in [2.45, 2.75) is 24.0 Å². The van der Waals surface area contributed by atoms with Gasteiger partial charge < -0.3 is 10.6 Å². The van der Waals surface area contributed by atoms with Crippen LogP contribution in [0, 0.1) is 10.1 Å². The number of benzene rings is 3. The number of non-ortho nitro benzene ring substituents is 1. The van der Waals surface area contributed by atoms with Gasteiger partial charge >= 0.3 is 0 Å². The smallest absolute Gasteiger partial charge is 0.270 e. The van der Waals surface area contributed by atoms with Gasteiger partial charge in [-0.2, -0.15) is 0 Å². The maximum atomic E-state index is 12.5. The second-order valence-corrected chi connectivity index (χ2v) is 8.59. The van der Waals surface area contributed by atoms with E-state index < -0.39 is 16.1 Å². The van der Waals surface area contributed by atoms with E-state index in [9.17, 15) is 24.5 Å². The second kappa shape index (κ2) is 10.6. The van der Waals surface area contributed by atoms with Crippen molar-refractivity contribution in [3.63, 3.8) is 0 Å². The molecule has 2 amide bonds. The van der Waals surface area contributed by atoms with Crippen molar-refractivity contribution < 1.29 is 19.3 Å². The number of carbonyl (C=O) groups excluding carboxylic acids is 3. The molecule has 1 atom stereocenters. The lowest BCUT2D eigenvalue weighted by Crippen LogP contribution is -2.22. The van der Waals surface area contributed by atoms with Gasteiger partial charge in [0.05, 0.1) is 10.2 Å². The molecule has 33 heavy (non-hydrogen) atoms. The minimum Gasteiger partial charge on any atom is -0.325 e. The van der Waals surface area contributed by atoms with E-state index in [2.05, 4.69) is 10.6 Å². The summed E-state index contributed by atoms with van der Waals surface area (Å²) in [4.78, 5) is 47.5. The first kappa shape index (κ1) is 23.7. The molecule has 0 spiro atoms. The van der Waals surface area contributed by atoms with E-state index in [1.165, 1.54) is 43.0 Å². The van der Waals surface area contributed by atoms with Crippen molar-refractivity contribution in [3.8, 4) is 0 Å². The molecule has 0 heterocycles. The first-order chi connectivity index (χ1) is 15.7. The number of nitrogens with one attached hydrogen (secondary N) is 2. The topological polar surface area (TPSA) is 118 Å². The van der Waals surface area contributed by atoms with Crippen LogP contribution in [0.15, 0.2) is 77.7 Å². The van der Waals surface area contributed by atoms with Gasteiger partial charge in [-0.3, -0.25) is 24.5 Å². The Balaban J connectivity index is 1.62. The van der Waals surface area contributed by atoms with E-state index in [1.807, 2.05) is 6.07 Å². The van der Waals surface area contributed by atoms with Crippen LogP contribution >= 0.6 is 11.8 Å². The standard InChI is InChI=1S/C24H21N3O5S/c1-15(28)17-9-11-19(12-10-17)25-23(29)16(2)33-22-8-4-6-20(14-22)26-24(30)18-5-3-7-21(13-18)27(31)32/h3-14,16H,1-2H3,(H,25,29)(H,26,30). The molecular formula is C24H21N3O5S. The average Bonchev–Trinajstić information content (AvgIpc) is 2.79. The molecule has 9 heteroatoms. The average molecular weight is 464 g/mol. The number of carbonyl (C=O) groups is 3. The van der Waals surface area contributed by atoms with Crippen molar-refractivity contribution >= 4 is 46.4 Å². The van der Waals surface area contributed by atoms with Crippen LogP contribution in [0.4, 0.5) is 17.1 Å². The number of hydrogen-bond acceptors (Lipinski definition) is 6. The van der Waals surface area contributed by atoms with Crippen LogP contribution in [-0.2, 0) is 4.79 Å². The van der Waals surface area contributed by atoms with Gasteiger partial charge in [-0.05, 0) is 62.4 Å². The summed E-state index contributed by atoms with van der Waals surface area (Å²) in [6.07, 6.45) is 0. The molecular weight excluding hydrogens is 442 g/mol. The van der Waals surface area contributed by atoms with Crippen LogP contribution in [-0.4, -0.2) is 27.8 Å². The van der Waals surface area contributed by atoms with E-state index in [0.717, 1.165) is 4.90 Å². The Morgan fingerprint density at radius 2 is 1.58 bits per heavy atom. The number of nitro groups is 1. The fourth-order valence-corrected chi connectivity index (χ4v) is 3.83. The van der Waals surface area contributed by atoms with Gasteiger partial charge in [0.15, 0.2) is 5.78 Å². The van der Waals surface area contributed by atoms with E-state index in [-0.39, 0.29) is 22.9 Å². The molecule has 3 aromatic carbocycles. The van der Waals surface area contributed by atoms with E-state index >= 15 is 0 Å². The number of Topliss-reactive ketones (excluding diaryl/α,β-unsaturated/α-hetero) is 1. The molecule has 0 saturated carbocycles. The number of nitrogens with zero attached hydrogens (tertiary/aromatic N) is 1. The molecule has 1 unspecified atom stereocenters. The monoisotopic (exact) mass is 463 g/mol. The van der Waals surface area contributed by atoms with Crippen LogP contribution in [0.2, 0.25) is 0 Å². The van der Waals surface area contributed by atoms with Gasteiger partial charge in [-0.1, -0.05) is 12.1 Å². The summed E-state index contributed by atoms with van der Waals surface area (Å²) >= 11 is 1.32. The molecule has 0 bridgehead atoms. The quantitative estimate of drug-likeness (QED) is 0.206. The van der Waals surface area contributed by atoms with Crippen molar-refractivity contribution in [2.24, 2.45) is 0 Å². The van der Waals surface area contributed by atoms with E-state index in [0.29, 0.717) is 16.9 Å². The van der Waals surface area contributed by atoms with Crippen LogP contribution in [0.1, 0.15) is 34.6 Å². The summed E-state index contributed by atoms with van der Waals surface area (Å²) in [5.41, 5.74) is 1.67. The lowest BCUT2D eigenvalue weighted by molar-refractivity contribution is -0.384. The van der Waals surface area contributed by atoms with Crippen molar-refractivity contribution in [1.82, 2.24) is 0 Å². The molecule has 8 nitrogen and oxygen atoms in total. The highest BCUT2D eigenvalue weighted by atomic mass is 32.2. The van der Waals surface area contributed by atoms with Gasteiger partial charge in [0.1, 0.15) is 0 Å². The molecule has 2 N–H and O–H groups in total. The third-order valence-electron chi connectivity index (χ3n) is 4.65. The Morgan fingerprint density at radius 3 is 2.24 bits per heavy atom. The molecule has 0 saturated heterocycles. The largest absolute Gasteiger partial charge is 0.325 e. The highest BCUT2D eigenvalue weighted by Gasteiger charge is 2.16. The van der Waals surface area contributed by atoms with Gasteiger partial charge in [-0.15, -0.1) is 11.8 Å². The van der Waals surface area contributed by atoms with Gasteiger partial charge in [-0.25, -0.2) is 0 Å². The number of thioether (sulfide) groups is 1. The molecule has 0 aliphatic rings. The summed E-state index contributed by atoms with van der Waals surface area (Å²) in [6, 6.07) is 19.1. The number of anilines is 2. The van der Waals surface area contributed by atoms with Crippen molar-refractivity contribution in [1.29, 1.82) is 0 Å². The van der Waals surface area contributed by atoms with E-state index in [1.54, 1.807) is 49.4 Å². The maximum Gasteiger partial charge on any atom is 0.270 e. The zero-order valence-corrected chi connectivity index (χ0v) is 18.7. The number of ketones is 1. The molecule has 3 rings (SSSR count). The Bertz CT molecular complexity index is 1210. The first-order valence-corrected chi connectivity index (χ1v) is 10.9. The predicted octanol–water partition coefficient (Wildman–Crippen LogP) is 5.17. The normalized spacial score (nSPS) is 11.3. The molecule has 0 fully saturated rings. The Labute approximate surface area is 194 Å². The van der Waals surface area contributed by atoms with Crippen LogP contribution in [0.5, 0.6) is 0 Å². The lowest BCUT2D eigenvalue weighted by atomic mass is 10.1. The Morgan fingerprint density at radius 1 is 0.879 bits per heavy atom. The molecule has 0 aromatic heterocycles. The summed E-state index contributed by atoms with van der Waals surface area (Å²) in [7, 11) is 0. The van der Waals surface area contributed by atoms with Crippen LogP contribution in [0.3, 0.4) is 0 Å². The number of nitro benzene ring substituents is 1. The summed E-state index contributed by atoms with van der Waals surface area (Å²) in [5.74, 6) is -0.725. The summed E-state index contributed by atoms with van der Waals surface area (Å²) in [6.45, 7) is 3.24. The lowest BCUT2D eigenvalue weighted by Gasteiger charge is -2.13. The summed E-state index contributed by atoms with van der Waals surface area (Å²) in [5, 5.41) is 16.0. The summed E-state index contributed by atoms with van der Waals surface area (Å²) < 4.78 is 0. The van der Waals surface area contributed by atoms with Gasteiger partial charge in [0.2, 0.25) is 5.91 Å². The van der Waals surface area contributed by atoms with E-state index in [4.69, 9.17) is 0 Å². The number of rotatable bonds is 8. The van der Waals surface area contributed by atoms with Crippen molar-refractivity contribution in [2.75, 3.05) is 10.6 Å². The van der Waals surface area contributed by atoms with Crippen LogP contribution < -0.4 is 10.6 Å². The molecule has 3 aromatic rings. The Hall–Kier alpha value is -3.98. The highest BCUT2D eigenvalue weighted by Crippen LogP contribution is 2.27. The zero-order chi connectivity index (χ0) is 24.0. The Kier molecular flexibility index (Phi) is 7.57. The minimum absolute atomic E-state index is 0.0470. The zero-order valence-electron chi connectivity index (χ0n) is 17.9. The third-order valence-corrected chi connectivity index (χ3v) is 5.75. The van der Waals surface area contributed by atoms with Crippen LogP contribution in [0.25, 0.3) is 0 Å². The predicted molar refractivity (Wildman–Crippen MR) is 128 cm³/mol.